The lowest BCUT2D eigenvalue weighted by Crippen LogP contribution is -2.38. The van der Waals surface area contributed by atoms with Crippen molar-refractivity contribution in [1.29, 1.82) is 0 Å². The molecule has 0 heterocycles. The molecule has 0 atom stereocenters. The molecule has 1 saturated carbocycles. The van der Waals surface area contributed by atoms with Gasteiger partial charge < -0.3 is 15.4 Å². The Balaban J connectivity index is 1.79. The van der Waals surface area contributed by atoms with Crippen LogP contribution in [0, 0.1) is 0 Å². The molecule has 0 radical (unpaired) electrons. The molecule has 0 bridgehead atoms. The van der Waals surface area contributed by atoms with Crippen LogP contribution >= 0.6 is 12.2 Å². The Labute approximate surface area is 126 Å². The van der Waals surface area contributed by atoms with Gasteiger partial charge in [-0.15, -0.1) is 0 Å². The van der Waals surface area contributed by atoms with E-state index in [1.54, 1.807) is 6.08 Å². The SMILES string of the molecule is C=CCOc1ccc(NC(=S)NC2CCCCC2)cc1. The number of benzene rings is 1. The summed E-state index contributed by atoms with van der Waals surface area (Å²) in [5.41, 5.74) is 0.976. The Morgan fingerprint density at radius 2 is 1.95 bits per heavy atom. The molecule has 0 spiro atoms. The first kappa shape index (κ1) is 14.9. The quantitative estimate of drug-likeness (QED) is 0.637. The van der Waals surface area contributed by atoms with E-state index in [4.69, 9.17) is 17.0 Å². The van der Waals surface area contributed by atoms with Crippen molar-refractivity contribution in [3.8, 4) is 5.75 Å². The van der Waals surface area contributed by atoms with Crippen LogP contribution in [0.3, 0.4) is 0 Å². The molecule has 20 heavy (non-hydrogen) atoms. The summed E-state index contributed by atoms with van der Waals surface area (Å²) in [6.07, 6.45) is 8.12. The maximum Gasteiger partial charge on any atom is 0.170 e. The minimum absolute atomic E-state index is 0.522. The summed E-state index contributed by atoms with van der Waals surface area (Å²) in [5, 5.41) is 7.31. The fourth-order valence-corrected chi connectivity index (χ4v) is 2.67. The van der Waals surface area contributed by atoms with Gasteiger partial charge in [-0.2, -0.15) is 0 Å². The summed E-state index contributed by atoms with van der Waals surface area (Å²) < 4.78 is 5.44. The standard InChI is InChI=1S/C16H22N2OS/c1-2-12-19-15-10-8-14(9-11-15)18-16(20)17-13-6-4-3-5-7-13/h2,8-11,13H,1,3-7,12H2,(H2,17,18,20). The molecule has 0 aliphatic heterocycles. The Morgan fingerprint density at radius 3 is 2.60 bits per heavy atom. The van der Waals surface area contributed by atoms with Gasteiger partial charge in [-0.05, 0) is 49.3 Å². The van der Waals surface area contributed by atoms with E-state index in [0.29, 0.717) is 17.8 Å². The van der Waals surface area contributed by atoms with Crippen molar-refractivity contribution >= 4 is 23.0 Å². The molecular weight excluding hydrogens is 268 g/mol. The monoisotopic (exact) mass is 290 g/mol. The van der Waals surface area contributed by atoms with E-state index in [0.717, 1.165) is 11.4 Å². The highest BCUT2D eigenvalue weighted by Gasteiger charge is 2.13. The highest BCUT2D eigenvalue weighted by atomic mass is 32.1. The van der Waals surface area contributed by atoms with Gasteiger partial charge in [0.25, 0.3) is 0 Å². The Kier molecular flexibility index (Phi) is 5.87. The Bertz CT molecular complexity index is 438. The topological polar surface area (TPSA) is 33.3 Å². The fourth-order valence-electron chi connectivity index (χ4n) is 2.39. The van der Waals surface area contributed by atoms with Gasteiger partial charge in [0.1, 0.15) is 12.4 Å². The second kappa shape index (κ2) is 7.90. The zero-order valence-electron chi connectivity index (χ0n) is 11.7. The van der Waals surface area contributed by atoms with Crippen molar-refractivity contribution in [3.05, 3.63) is 36.9 Å². The van der Waals surface area contributed by atoms with Gasteiger partial charge >= 0.3 is 0 Å². The third-order valence-electron chi connectivity index (χ3n) is 3.42. The first-order valence-electron chi connectivity index (χ1n) is 7.19. The molecule has 1 fully saturated rings. The summed E-state index contributed by atoms with van der Waals surface area (Å²) in [7, 11) is 0. The van der Waals surface area contributed by atoms with E-state index in [-0.39, 0.29) is 0 Å². The average molecular weight is 290 g/mol. The van der Waals surface area contributed by atoms with E-state index < -0.39 is 0 Å². The van der Waals surface area contributed by atoms with Gasteiger partial charge in [0, 0.05) is 11.7 Å². The zero-order valence-corrected chi connectivity index (χ0v) is 12.5. The molecule has 1 aliphatic rings. The number of nitrogens with one attached hydrogen (secondary N) is 2. The van der Waals surface area contributed by atoms with Crippen molar-refractivity contribution in [2.24, 2.45) is 0 Å². The van der Waals surface area contributed by atoms with Crippen molar-refractivity contribution in [2.75, 3.05) is 11.9 Å². The summed E-state index contributed by atoms with van der Waals surface area (Å²) in [6, 6.07) is 8.31. The van der Waals surface area contributed by atoms with Crippen LogP contribution in [0.25, 0.3) is 0 Å². The van der Waals surface area contributed by atoms with E-state index in [2.05, 4.69) is 17.2 Å². The summed E-state index contributed by atoms with van der Waals surface area (Å²) in [5.74, 6) is 0.835. The number of anilines is 1. The van der Waals surface area contributed by atoms with Gasteiger partial charge in [0.2, 0.25) is 0 Å². The lowest BCUT2D eigenvalue weighted by Gasteiger charge is -2.24. The molecule has 1 aromatic rings. The Hall–Kier alpha value is -1.55. The molecule has 108 valence electrons. The second-order valence-corrected chi connectivity index (χ2v) is 5.47. The van der Waals surface area contributed by atoms with Gasteiger partial charge in [-0.25, -0.2) is 0 Å². The number of hydrogen-bond acceptors (Lipinski definition) is 2. The normalized spacial score (nSPS) is 15.4. The lowest BCUT2D eigenvalue weighted by molar-refractivity contribution is 0.363. The Morgan fingerprint density at radius 1 is 1.25 bits per heavy atom. The van der Waals surface area contributed by atoms with E-state index >= 15 is 0 Å². The van der Waals surface area contributed by atoms with Gasteiger partial charge in [0.15, 0.2) is 5.11 Å². The largest absolute Gasteiger partial charge is 0.490 e. The first-order valence-corrected chi connectivity index (χ1v) is 7.60. The number of thiocarbonyl (C=S) groups is 1. The van der Waals surface area contributed by atoms with Crippen molar-refractivity contribution in [1.82, 2.24) is 5.32 Å². The molecule has 0 saturated heterocycles. The number of ether oxygens (including phenoxy) is 1. The van der Waals surface area contributed by atoms with Gasteiger partial charge in [-0.1, -0.05) is 31.9 Å². The maximum atomic E-state index is 5.44. The molecule has 0 amide bonds. The van der Waals surface area contributed by atoms with Crippen molar-refractivity contribution in [2.45, 2.75) is 38.1 Å². The van der Waals surface area contributed by atoms with Crippen LogP contribution in [0.5, 0.6) is 5.75 Å². The van der Waals surface area contributed by atoms with Gasteiger partial charge in [-0.3, -0.25) is 0 Å². The molecule has 2 rings (SSSR count). The molecule has 4 heteroatoms. The van der Waals surface area contributed by atoms with Crippen LogP contribution in [-0.2, 0) is 0 Å². The summed E-state index contributed by atoms with van der Waals surface area (Å²) in [6.45, 7) is 4.15. The molecule has 0 unspecified atom stereocenters. The molecule has 1 aliphatic carbocycles. The summed E-state index contributed by atoms with van der Waals surface area (Å²) >= 11 is 5.35. The minimum Gasteiger partial charge on any atom is -0.490 e. The molecule has 3 nitrogen and oxygen atoms in total. The van der Waals surface area contributed by atoms with E-state index in [1.165, 1.54) is 32.1 Å². The third kappa shape index (κ3) is 4.85. The summed E-state index contributed by atoms with van der Waals surface area (Å²) in [4.78, 5) is 0. The van der Waals surface area contributed by atoms with Crippen LogP contribution in [0.2, 0.25) is 0 Å². The minimum atomic E-state index is 0.522. The second-order valence-electron chi connectivity index (χ2n) is 5.06. The molecule has 1 aromatic carbocycles. The van der Waals surface area contributed by atoms with Crippen LogP contribution in [-0.4, -0.2) is 17.8 Å². The highest BCUT2D eigenvalue weighted by Crippen LogP contribution is 2.18. The van der Waals surface area contributed by atoms with Crippen molar-refractivity contribution < 1.29 is 4.74 Å². The van der Waals surface area contributed by atoms with Crippen LogP contribution in [0.4, 0.5) is 5.69 Å². The van der Waals surface area contributed by atoms with Crippen molar-refractivity contribution in [3.63, 3.8) is 0 Å². The van der Waals surface area contributed by atoms with Crippen LogP contribution in [0.1, 0.15) is 32.1 Å². The van der Waals surface area contributed by atoms with Gasteiger partial charge in [0.05, 0.1) is 0 Å². The van der Waals surface area contributed by atoms with Crippen LogP contribution in [0.15, 0.2) is 36.9 Å². The van der Waals surface area contributed by atoms with Crippen LogP contribution < -0.4 is 15.4 Å². The molecular formula is C16H22N2OS. The number of rotatable bonds is 5. The zero-order chi connectivity index (χ0) is 14.2. The average Bonchev–Trinajstić information content (AvgIpc) is 2.47. The smallest absolute Gasteiger partial charge is 0.170 e. The number of hydrogen-bond donors (Lipinski definition) is 2. The van der Waals surface area contributed by atoms with E-state index in [1.807, 2.05) is 24.3 Å². The third-order valence-corrected chi connectivity index (χ3v) is 3.64. The maximum absolute atomic E-state index is 5.44. The fraction of sp³-hybridized carbons (Fsp3) is 0.438. The predicted octanol–water partition coefficient (Wildman–Crippen LogP) is 3.87. The highest BCUT2D eigenvalue weighted by molar-refractivity contribution is 7.80. The molecule has 0 aromatic heterocycles. The lowest BCUT2D eigenvalue weighted by atomic mass is 9.96. The first-order chi connectivity index (χ1) is 9.78. The van der Waals surface area contributed by atoms with E-state index in [9.17, 15) is 0 Å². The molecule has 2 N–H and O–H groups in total. The predicted molar refractivity (Wildman–Crippen MR) is 88.4 cm³/mol.